The first-order chi connectivity index (χ1) is 13.9. The lowest BCUT2D eigenvalue weighted by molar-refractivity contribution is 0.103. The van der Waals surface area contributed by atoms with E-state index in [1.54, 1.807) is 18.2 Å². The summed E-state index contributed by atoms with van der Waals surface area (Å²) in [5.74, 6) is -0.675. The van der Waals surface area contributed by atoms with Gasteiger partial charge in [-0.15, -0.1) is 11.3 Å². The van der Waals surface area contributed by atoms with Gasteiger partial charge in [0, 0.05) is 10.1 Å². The van der Waals surface area contributed by atoms with Crippen LogP contribution in [0.15, 0.2) is 51.9 Å². The molecule has 0 aliphatic carbocycles. The van der Waals surface area contributed by atoms with Crippen molar-refractivity contribution in [1.82, 2.24) is 4.57 Å². The molecule has 0 saturated heterocycles. The number of ketones is 1. The molecular weight excluding hydrogens is 412 g/mol. The fraction of sp³-hybridized carbons (Fsp3) is 0.0952. The van der Waals surface area contributed by atoms with Gasteiger partial charge < -0.3 is 9.52 Å². The zero-order valence-electron chi connectivity index (χ0n) is 15.1. The predicted molar refractivity (Wildman–Crippen MR) is 110 cm³/mol. The van der Waals surface area contributed by atoms with Crippen LogP contribution in [0.25, 0.3) is 10.1 Å². The summed E-state index contributed by atoms with van der Waals surface area (Å²) in [6.45, 7) is 1.35. The molecule has 0 radical (unpaired) electrons. The Labute approximate surface area is 173 Å². The van der Waals surface area contributed by atoms with Crippen molar-refractivity contribution in [1.29, 1.82) is 5.26 Å². The lowest BCUT2D eigenvalue weighted by Gasteiger charge is -2.14. The molecule has 1 aromatic carbocycles. The number of nitriles is 1. The molecule has 0 spiro atoms. The Morgan fingerprint density at radius 1 is 1.31 bits per heavy atom. The second-order valence-corrected chi connectivity index (χ2v) is 7.78. The minimum Gasteiger partial charge on any atom is -0.494 e. The first-order valence-electron chi connectivity index (χ1n) is 8.54. The number of benzene rings is 1. The number of halogens is 1. The van der Waals surface area contributed by atoms with Crippen LogP contribution in [0, 0.1) is 18.3 Å². The Bertz CT molecular complexity index is 1360. The van der Waals surface area contributed by atoms with Gasteiger partial charge in [0.05, 0.1) is 28.3 Å². The van der Waals surface area contributed by atoms with Crippen molar-refractivity contribution in [2.75, 3.05) is 0 Å². The van der Waals surface area contributed by atoms with Gasteiger partial charge in [-0.25, -0.2) is 0 Å². The number of aromatic nitrogens is 1. The molecule has 29 heavy (non-hydrogen) atoms. The lowest BCUT2D eigenvalue weighted by atomic mass is 10.0. The molecule has 0 saturated carbocycles. The fourth-order valence-electron chi connectivity index (χ4n) is 3.20. The SMILES string of the molecule is Cc1c(C(=O)c2sc3ccccc3c2Cl)c(O)n(Cc2ccco2)c(=O)c1C#N. The standard InChI is InChI=1S/C21H13ClN2O4S/c1-11-14(9-23)20(26)24(10-12-5-4-8-28-12)21(27)16(11)18(25)19-17(22)13-6-2-3-7-15(13)29-19/h2-8,27H,10H2,1H3. The van der Waals surface area contributed by atoms with E-state index in [2.05, 4.69) is 0 Å². The summed E-state index contributed by atoms with van der Waals surface area (Å²) in [5, 5.41) is 21.3. The van der Waals surface area contributed by atoms with E-state index in [4.69, 9.17) is 16.0 Å². The van der Waals surface area contributed by atoms with Gasteiger partial charge in [0.1, 0.15) is 17.4 Å². The molecule has 0 unspecified atom stereocenters. The van der Waals surface area contributed by atoms with Crippen LogP contribution in [0.3, 0.4) is 0 Å². The molecule has 0 aliphatic heterocycles. The molecule has 8 heteroatoms. The van der Waals surface area contributed by atoms with Crippen molar-refractivity contribution in [3.05, 3.63) is 85.4 Å². The normalized spacial score (nSPS) is 10.9. The van der Waals surface area contributed by atoms with Crippen molar-refractivity contribution in [2.24, 2.45) is 0 Å². The van der Waals surface area contributed by atoms with Crippen LogP contribution in [-0.4, -0.2) is 15.5 Å². The highest BCUT2D eigenvalue weighted by Crippen LogP contribution is 2.38. The maximum Gasteiger partial charge on any atom is 0.271 e. The molecule has 4 rings (SSSR count). The van der Waals surface area contributed by atoms with E-state index in [0.717, 1.165) is 14.7 Å². The number of carbonyl (C=O) groups is 1. The zero-order valence-corrected chi connectivity index (χ0v) is 16.7. The molecule has 1 N–H and O–H groups in total. The van der Waals surface area contributed by atoms with Crippen molar-refractivity contribution >= 4 is 38.8 Å². The summed E-state index contributed by atoms with van der Waals surface area (Å²) in [6.07, 6.45) is 1.43. The minimum absolute atomic E-state index is 0.115. The summed E-state index contributed by atoms with van der Waals surface area (Å²) < 4.78 is 7.02. The Morgan fingerprint density at radius 2 is 2.07 bits per heavy atom. The molecular formula is C21H13ClN2O4S. The molecule has 144 valence electrons. The van der Waals surface area contributed by atoms with E-state index >= 15 is 0 Å². The number of hydrogen-bond donors (Lipinski definition) is 1. The van der Waals surface area contributed by atoms with Crippen LogP contribution in [-0.2, 0) is 6.54 Å². The predicted octanol–water partition coefficient (Wildman–Crippen LogP) is 4.47. The van der Waals surface area contributed by atoms with Gasteiger partial charge in [-0.2, -0.15) is 5.26 Å². The van der Waals surface area contributed by atoms with Crippen molar-refractivity contribution in [2.45, 2.75) is 13.5 Å². The largest absolute Gasteiger partial charge is 0.494 e. The maximum atomic E-state index is 13.3. The van der Waals surface area contributed by atoms with Crippen LogP contribution < -0.4 is 5.56 Å². The number of thiophene rings is 1. The number of rotatable bonds is 4. The number of pyridine rings is 1. The summed E-state index contributed by atoms with van der Waals surface area (Å²) in [6, 6.07) is 12.4. The minimum atomic E-state index is -0.696. The van der Waals surface area contributed by atoms with Crippen LogP contribution in [0.5, 0.6) is 5.88 Å². The van der Waals surface area contributed by atoms with E-state index in [1.165, 1.54) is 24.5 Å². The summed E-state index contributed by atoms with van der Waals surface area (Å²) in [4.78, 5) is 26.3. The van der Waals surface area contributed by atoms with Gasteiger partial charge in [-0.1, -0.05) is 29.8 Å². The third-order valence-electron chi connectivity index (χ3n) is 4.66. The Hall–Kier alpha value is -3.34. The number of hydrogen-bond acceptors (Lipinski definition) is 6. The van der Waals surface area contributed by atoms with E-state index < -0.39 is 17.2 Å². The van der Waals surface area contributed by atoms with Crippen molar-refractivity contribution < 1.29 is 14.3 Å². The fourth-order valence-corrected chi connectivity index (χ4v) is 4.66. The second kappa shape index (κ2) is 7.24. The van der Waals surface area contributed by atoms with Gasteiger partial charge in [-0.3, -0.25) is 14.2 Å². The molecule has 6 nitrogen and oxygen atoms in total. The van der Waals surface area contributed by atoms with E-state index in [0.29, 0.717) is 5.76 Å². The first-order valence-corrected chi connectivity index (χ1v) is 9.74. The zero-order chi connectivity index (χ0) is 20.7. The third-order valence-corrected chi connectivity index (χ3v) is 6.34. The van der Waals surface area contributed by atoms with Crippen molar-refractivity contribution in [3.8, 4) is 11.9 Å². The number of nitrogens with zero attached hydrogens (tertiary/aromatic N) is 2. The number of furan rings is 1. The van der Waals surface area contributed by atoms with E-state index in [1.807, 2.05) is 24.3 Å². The molecule has 4 aromatic rings. The highest BCUT2D eigenvalue weighted by molar-refractivity contribution is 7.21. The first kappa shape index (κ1) is 19.0. The highest BCUT2D eigenvalue weighted by Gasteiger charge is 2.28. The summed E-state index contributed by atoms with van der Waals surface area (Å²) in [7, 11) is 0. The Morgan fingerprint density at radius 3 is 2.72 bits per heavy atom. The highest BCUT2D eigenvalue weighted by atomic mass is 35.5. The summed E-state index contributed by atoms with van der Waals surface area (Å²) in [5.41, 5.74) is -0.918. The van der Waals surface area contributed by atoms with Crippen LogP contribution in [0.1, 0.15) is 32.1 Å². The number of fused-ring (bicyclic) bond motifs is 1. The van der Waals surface area contributed by atoms with Gasteiger partial charge in [0.2, 0.25) is 11.7 Å². The van der Waals surface area contributed by atoms with E-state index in [-0.39, 0.29) is 33.1 Å². The van der Waals surface area contributed by atoms with Crippen LogP contribution in [0.2, 0.25) is 5.02 Å². The van der Waals surface area contributed by atoms with Crippen LogP contribution in [0.4, 0.5) is 0 Å². The molecule has 0 amide bonds. The Kier molecular flexibility index (Phi) is 4.74. The molecule has 0 fully saturated rings. The molecule has 0 bridgehead atoms. The topological polar surface area (TPSA) is 96.2 Å². The third kappa shape index (κ3) is 3.03. The smallest absolute Gasteiger partial charge is 0.271 e. The van der Waals surface area contributed by atoms with E-state index in [9.17, 15) is 20.0 Å². The maximum absolute atomic E-state index is 13.3. The Balaban J connectivity index is 1.95. The average Bonchev–Trinajstić information content (AvgIpc) is 3.34. The molecule has 3 aromatic heterocycles. The number of aromatic hydroxyl groups is 1. The van der Waals surface area contributed by atoms with Crippen molar-refractivity contribution in [3.63, 3.8) is 0 Å². The number of carbonyl (C=O) groups excluding carboxylic acids is 1. The molecule has 3 heterocycles. The lowest BCUT2D eigenvalue weighted by Crippen LogP contribution is -2.27. The second-order valence-electron chi connectivity index (χ2n) is 6.35. The van der Waals surface area contributed by atoms with Gasteiger partial charge >= 0.3 is 0 Å². The molecule has 0 atom stereocenters. The van der Waals surface area contributed by atoms with Gasteiger partial charge in [0.25, 0.3) is 5.56 Å². The quantitative estimate of drug-likeness (QED) is 0.487. The van der Waals surface area contributed by atoms with Gasteiger partial charge in [0.15, 0.2) is 0 Å². The van der Waals surface area contributed by atoms with Gasteiger partial charge in [-0.05, 0) is 30.7 Å². The van der Waals surface area contributed by atoms with Crippen LogP contribution >= 0.6 is 22.9 Å². The average molecular weight is 425 g/mol. The summed E-state index contributed by atoms with van der Waals surface area (Å²) >= 11 is 7.62. The molecule has 0 aliphatic rings. The monoisotopic (exact) mass is 424 g/mol.